The van der Waals surface area contributed by atoms with Crippen molar-refractivity contribution in [3.63, 3.8) is 0 Å². The number of amides is 1. The largest absolute Gasteiger partial charge is 0.366 e. The number of nitrogens with zero attached hydrogens (tertiary/aromatic N) is 1. The molecule has 0 aliphatic carbocycles. The summed E-state index contributed by atoms with van der Waals surface area (Å²) in [5, 5.41) is 0. The fourth-order valence-corrected chi connectivity index (χ4v) is 2.01. The maximum Gasteiger partial charge on any atom is 0.248 e. The van der Waals surface area contributed by atoms with Gasteiger partial charge < -0.3 is 9.64 Å². The zero-order chi connectivity index (χ0) is 12.2. The van der Waals surface area contributed by atoms with E-state index in [1.54, 1.807) is 0 Å². The molecule has 3 nitrogen and oxygen atoms in total. The summed E-state index contributed by atoms with van der Waals surface area (Å²) < 4.78 is 5.54. The Labute approximate surface area is 99.1 Å². The number of ether oxygens (including phenoxy) is 1. The van der Waals surface area contributed by atoms with Crippen LogP contribution in [-0.4, -0.2) is 35.6 Å². The maximum atomic E-state index is 12.0. The van der Waals surface area contributed by atoms with Crippen molar-refractivity contribution in [2.75, 3.05) is 13.2 Å². The van der Waals surface area contributed by atoms with Gasteiger partial charge in [-0.1, -0.05) is 12.8 Å². The highest BCUT2D eigenvalue weighted by Gasteiger charge is 2.23. The molecule has 0 N–H and O–H groups in total. The predicted molar refractivity (Wildman–Crippen MR) is 65.3 cm³/mol. The molecule has 1 rings (SSSR count). The third-order valence-electron chi connectivity index (χ3n) is 3.00. The molecule has 1 unspecified atom stereocenters. The lowest BCUT2D eigenvalue weighted by Crippen LogP contribution is -2.41. The van der Waals surface area contributed by atoms with Crippen molar-refractivity contribution in [2.45, 2.75) is 65.0 Å². The first-order chi connectivity index (χ1) is 7.40. The van der Waals surface area contributed by atoms with Crippen LogP contribution >= 0.6 is 0 Å². The minimum Gasteiger partial charge on any atom is -0.366 e. The fourth-order valence-electron chi connectivity index (χ4n) is 2.01. The topological polar surface area (TPSA) is 29.5 Å². The Morgan fingerprint density at radius 1 is 1.31 bits per heavy atom. The van der Waals surface area contributed by atoms with Gasteiger partial charge in [0, 0.05) is 12.6 Å². The Morgan fingerprint density at radius 2 is 2.00 bits per heavy atom. The molecule has 1 saturated heterocycles. The highest BCUT2D eigenvalue weighted by Crippen LogP contribution is 2.17. The summed E-state index contributed by atoms with van der Waals surface area (Å²) in [6, 6.07) is 0.374. The second kappa shape index (κ2) is 5.67. The molecule has 0 radical (unpaired) electrons. The Bertz CT molecular complexity index is 233. The van der Waals surface area contributed by atoms with Gasteiger partial charge in [0.25, 0.3) is 0 Å². The summed E-state index contributed by atoms with van der Waals surface area (Å²) in [4.78, 5) is 14.0. The minimum atomic E-state index is -0.231. The predicted octanol–water partition coefficient (Wildman–Crippen LogP) is 2.59. The number of carbonyl (C=O) groups excluding carboxylic acids is 1. The average molecular weight is 227 g/mol. The van der Waals surface area contributed by atoms with Crippen LogP contribution in [0.5, 0.6) is 0 Å². The molecule has 0 aromatic rings. The standard InChI is InChI=1S/C13H25NO2/c1-11-8-6-5-7-9-14(11)12(15)10-16-13(2,3)4/h11H,5-10H2,1-4H3. The SMILES string of the molecule is CC1CCCCCN1C(=O)COC(C)(C)C. The van der Waals surface area contributed by atoms with Gasteiger partial charge in [-0.25, -0.2) is 0 Å². The highest BCUT2D eigenvalue weighted by atomic mass is 16.5. The van der Waals surface area contributed by atoms with Crippen LogP contribution in [0.1, 0.15) is 53.4 Å². The van der Waals surface area contributed by atoms with Gasteiger partial charge in [0.1, 0.15) is 6.61 Å². The van der Waals surface area contributed by atoms with Crippen molar-refractivity contribution < 1.29 is 9.53 Å². The second-order valence-corrected chi connectivity index (χ2v) is 5.69. The van der Waals surface area contributed by atoms with Crippen LogP contribution in [0.2, 0.25) is 0 Å². The monoisotopic (exact) mass is 227 g/mol. The van der Waals surface area contributed by atoms with Crippen LogP contribution in [-0.2, 0) is 9.53 Å². The van der Waals surface area contributed by atoms with E-state index in [4.69, 9.17) is 4.74 Å². The van der Waals surface area contributed by atoms with E-state index >= 15 is 0 Å². The van der Waals surface area contributed by atoms with E-state index in [0.717, 1.165) is 19.4 Å². The number of likely N-dealkylation sites (tertiary alicyclic amines) is 1. The lowest BCUT2D eigenvalue weighted by atomic mass is 10.1. The van der Waals surface area contributed by atoms with E-state index < -0.39 is 0 Å². The normalized spacial score (nSPS) is 23.0. The zero-order valence-corrected chi connectivity index (χ0v) is 11.1. The average Bonchev–Trinajstić information content (AvgIpc) is 2.38. The summed E-state index contributed by atoms with van der Waals surface area (Å²) in [5.41, 5.74) is -0.231. The van der Waals surface area contributed by atoms with E-state index in [2.05, 4.69) is 6.92 Å². The Hall–Kier alpha value is -0.570. The second-order valence-electron chi connectivity index (χ2n) is 5.69. The molecule has 0 bridgehead atoms. The Balaban J connectivity index is 2.45. The van der Waals surface area contributed by atoms with Crippen LogP contribution in [0.15, 0.2) is 0 Å². The summed E-state index contributed by atoms with van der Waals surface area (Å²) in [5.74, 6) is 0.143. The van der Waals surface area contributed by atoms with Crippen molar-refractivity contribution in [1.29, 1.82) is 0 Å². The molecule has 16 heavy (non-hydrogen) atoms. The van der Waals surface area contributed by atoms with E-state index in [-0.39, 0.29) is 18.1 Å². The molecule has 0 saturated carbocycles. The van der Waals surface area contributed by atoms with Gasteiger partial charge >= 0.3 is 0 Å². The van der Waals surface area contributed by atoms with Crippen LogP contribution in [0.25, 0.3) is 0 Å². The molecule has 1 aliphatic rings. The quantitative estimate of drug-likeness (QED) is 0.725. The summed E-state index contributed by atoms with van der Waals surface area (Å²) >= 11 is 0. The fraction of sp³-hybridized carbons (Fsp3) is 0.923. The zero-order valence-electron chi connectivity index (χ0n) is 11.1. The number of carbonyl (C=O) groups is 1. The molecule has 94 valence electrons. The van der Waals surface area contributed by atoms with E-state index in [9.17, 15) is 4.79 Å². The van der Waals surface area contributed by atoms with Gasteiger partial charge in [0.2, 0.25) is 5.91 Å². The van der Waals surface area contributed by atoms with Crippen LogP contribution in [0.3, 0.4) is 0 Å². The van der Waals surface area contributed by atoms with Crippen LogP contribution in [0.4, 0.5) is 0 Å². The Kier molecular flexibility index (Phi) is 4.78. The van der Waals surface area contributed by atoms with Gasteiger partial charge in [-0.15, -0.1) is 0 Å². The first kappa shape index (κ1) is 13.5. The van der Waals surface area contributed by atoms with Crippen LogP contribution in [0, 0.1) is 0 Å². The van der Waals surface area contributed by atoms with Gasteiger partial charge in [0.05, 0.1) is 5.60 Å². The number of hydrogen-bond acceptors (Lipinski definition) is 2. The van der Waals surface area contributed by atoms with E-state index in [0.29, 0.717) is 6.04 Å². The van der Waals surface area contributed by atoms with E-state index in [1.165, 1.54) is 12.8 Å². The summed E-state index contributed by atoms with van der Waals surface area (Å²) in [6.45, 7) is 9.19. The van der Waals surface area contributed by atoms with Gasteiger partial charge in [-0.3, -0.25) is 4.79 Å². The number of hydrogen-bond donors (Lipinski definition) is 0. The lowest BCUT2D eigenvalue weighted by molar-refractivity contribution is -0.143. The highest BCUT2D eigenvalue weighted by molar-refractivity contribution is 5.77. The van der Waals surface area contributed by atoms with Crippen molar-refractivity contribution in [3.8, 4) is 0 Å². The molecule has 3 heteroatoms. The van der Waals surface area contributed by atoms with Gasteiger partial charge in [0.15, 0.2) is 0 Å². The van der Waals surface area contributed by atoms with Crippen molar-refractivity contribution in [1.82, 2.24) is 4.90 Å². The maximum absolute atomic E-state index is 12.0. The molecule has 1 aliphatic heterocycles. The number of rotatable bonds is 2. The van der Waals surface area contributed by atoms with Crippen molar-refractivity contribution in [2.24, 2.45) is 0 Å². The molecule has 1 fully saturated rings. The van der Waals surface area contributed by atoms with Gasteiger partial charge in [-0.05, 0) is 40.5 Å². The van der Waals surface area contributed by atoms with E-state index in [1.807, 2.05) is 25.7 Å². The first-order valence-corrected chi connectivity index (χ1v) is 6.33. The summed E-state index contributed by atoms with van der Waals surface area (Å²) in [6.07, 6.45) is 4.74. The van der Waals surface area contributed by atoms with Crippen molar-refractivity contribution >= 4 is 5.91 Å². The third kappa shape index (κ3) is 4.52. The molecule has 1 amide bonds. The molecular formula is C13H25NO2. The Morgan fingerprint density at radius 3 is 2.62 bits per heavy atom. The lowest BCUT2D eigenvalue weighted by Gasteiger charge is -2.29. The van der Waals surface area contributed by atoms with Crippen molar-refractivity contribution in [3.05, 3.63) is 0 Å². The smallest absolute Gasteiger partial charge is 0.248 e. The molecular weight excluding hydrogens is 202 g/mol. The van der Waals surface area contributed by atoms with Gasteiger partial charge in [-0.2, -0.15) is 0 Å². The minimum absolute atomic E-state index is 0.143. The molecule has 0 aromatic carbocycles. The van der Waals surface area contributed by atoms with Crippen LogP contribution < -0.4 is 0 Å². The molecule has 1 atom stereocenters. The molecule has 1 heterocycles. The molecule has 0 aromatic heterocycles. The third-order valence-corrected chi connectivity index (χ3v) is 3.00. The first-order valence-electron chi connectivity index (χ1n) is 6.33. The summed E-state index contributed by atoms with van der Waals surface area (Å²) in [7, 11) is 0. The molecule has 0 spiro atoms.